The minimum atomic E-state index is -0.884. The molecule has 76 valence electrons. The van der Waals surface area contributed by atoms with E-state index in [-0.39, 0.29) is 10.6 Å². The third-order valence-corrected chi connectivity index (χ3v) is 2.75. The second kappa shape index (κ2) is 3.61. The van der Waals surface area contributed by atoms with Gasteiger partial charge in [0.1, 0.15) is 0 Å². The Morgan fingerprint density at radius 3 is 2.43 bits per heavy atom. The van der Waals surface area contributed by atoms with Crippen molar-refractivity contribution >= 4 is 17.2 Å². The van der Waals surface area contributed by atoms with Crippen LogP contribution in [0.2, 0.25) is 0 Å². The minimum Gasteiger partial charge on any atom is -0.393 e. The van der Waals surface area contributed by atoms with Crippen LogP contribution in [0.4, 0.5) is 8.78 Å². The molecule has 0 unspecified atom stereocenters. The molecule has 1 aromatic rings. The first-order chi connectivity index (χ1) is 6.37. The van der Waals surface area contributed by atoms with Crippen molar-refractivity contribution in [2.45, 2.75) is 19.3 Å². The average molecular weight is 215 g/mol. The van der Waals surface area contributed by atoms with Gasteiger partial charge in [0.25, 0.3) is 0 Å². The molecule has 0 aromatic heterocycles. The van der Waals surface area contributed by atoms with Crippen LogP contribution >= 0.6 is 12.2 Å². The molecule has 0 saturated carbocycles. The van der Waals surface area contributed by atoms with Crippen molar-refractivity contribution in [1.29, 1.82) is 0 Å². The van der Waals surface area contributed by atoms with Crippen LogP contribution < -0.4 is 5.73 Å². The Labute approximate surface area is 86.9 Å². The molecule has 0 radical (unpaired) electrons. The van der Waals surface area contributed by atoms with Gasteiger partial charge in [-0.3, -0.25) is 0 Å². The number of nitrogens with two attached hydrogens (primary N) is 1. The molecule has 0 atom stereocenters. The molecule has 0 bridgehead atoms. The highest BCUT2D eigenvalue weighted by molar-refractivity contribution is 7.80. The molecule has 2 N–H and O–H groups in total. The molecule has 1 rings (SSSR count). The van der Waals surface area contributed by atoms with Gasteiger partial charge in [-0.1, -0.05) is 24.4 Å². The van der Waals surface area contributed by atoms with E-state index in [2.05, 4.69) is 0 Å². The highest BCUT2D eigenvalue weighted by Gasteiger charge is 2.28. The number of halogens is 2. The first-order valence-electron chi connectivity index (χ1n) is 4.11. The van der Waals surface area contributed by atoms with Gasteiger partial charge in [-0.05, 0) is 19.9 Å². The lowest BCUT2D eigenvalue weighted by molar-refractivity contribution is 0.485. The van der Waals surface area contributed by atoms with Gasteiger partial charge >= 0.3 is 0 Å². The van der Waals surface area contributed by atoms with Crippen LogP contribution in [0.3, 0.4) is 0 Å². The van der Waals surface area contributed by atoms with Crippen molar-refractivity contribution in [2.75, 3.05) is 0 Å². The highest BCUT2D eigenvalue weighted by Crippen LogP contribution is 2.27. The molecule has 0 heterocycles. The normalized spacial score (nSPS) is 11.4. The molecule has 0 aliphatic heterocycles. The Morgan fingerprint density at radius 2 is 1.93 bits per heavy atom. The highest BCUT2D eigenvalue weighted by atomic mass is 32.1. The third-order valence-electron chi connectivity index (χ3n) is 2.24. The Hall–Kier alpha value is -1.03. The van der Waals surface area contributed by atoms with E-state index < -0.39 is 17.0 Å². The second-order valence-corrected chi connectivity index (χ2v) is 4.03. The fourth-order valence-electron chi connectivity index (χ4n) is 1.12. The molecular formula is C10H11F2NS. The van der Waals surface area contributed by atoms with E-state index in [0.29, 0.717) is 0 Å². The summed E-state index contributed by atoms with van der Waals surface area (Å²) in [6.45, 7) is 3.32. The van der Waals surface area contributed by atoms with Crippen LogP contribution in [0.1, 0.15) is 19.4 Å². The zero-order valence-electron chi connectivity index (χ0n) is 7.97. The molecule has 4 heteroatoms. The van der Waals surface area contributed by atoms with E-state index in [1.165, 1.54) is 12.1 Å². The maximum absolute atomic E-state index is 13.4. The third kappa shape index (κ3) is 1.75. The first-order valence-corrected chi connectivity index (χ1v) is 4.52. The van der Waals surface area contributed by atoms with Crippen molar-refractivity contribution in [3.8, 4) is 0 Å². The zero-order chi connectivity index (χ0) is 10.9. The van der Waals surface area contributed by atoms with Crippen LogP contribution in [-0.4, -0.2) is 4.99 Å². The van der Waals surface area contributed by atoms with E-state index in [9.17, 15) is 8.78 Å². The average Bonchev–Trinajstić information content (AvgIpc) is 2.09. The zero-order valence-corrected chi connectivity index (χ0v) is 8.79. The van der Waals surface area contributed by atoms with Crippen LogP contribution in [0.5, 0.6) is 0 Å². The van der Waals surface area contributed by atoms with Gasteiger partial charge in [0, 0.05) is 11.0 Å². The molecule has 1 aromatic carbocycles. The lowest BCUT2D eigenvalue weighted by Gasteiger charge is -2.24. The predicted molar refractivity (Wildman–Crippen MR) is 56.2 cm³/mol. The van der Waals surface area contributed by atoms with Crippen molar-refractivity contribution in [3.05, 3.63) is 35.4 Å². The number of rotatable bonds is 2. The fourth-order valence-corrected chi connectivity index (χ4v) is 1.23. The Kier molecular flexibility index (Phi) is 2.85. The molecule has 0 saturated heterocycles. The molecule has 0 fully saturated rings. The van der Waals surface area contributed by atoms with Gasteiger partial charge in [-0.15, -0.1) is 0 Å². The lowest BCUT2D eigenvalue weighted by atomic mass is 9.84. The maximum atomic E-state index is 13.4. The van der Waals surface area contributed by atoms with E-state index in [1.807, 2.05) is 0 Å². The Balaban J connectivity index is 3.33. The Morgan fingerprint density at radius 1 is 1.36 bits per heavy atom. The largest absolute Gasteiger partial charge is 0.393 e. The summed E-state index contributed by atoms with van der Waals surface area (Å²) in [5.41, 5.74) is 4.82. The van der Waals surface area contributed by atoms with Gasteiger partial charge in [0.2, 0.25) is 0 Å². The lowest BCUT2D eigenvalue weighted by Crippen LogP contribution is -2.34. The fraction of sp³-hybridized carbons (Fsp3) is 0.300. The van der Waals surface area contributed by atoms with E-state index >= 15 is 0 Å². The topological polar surface area (TPSA) is 26.0 Å². The van der Waals surface area contributed by atoms with Gasteiger partial charge in [-0.25, -0.2) is 8.78 Å². The first kappa shape index (κ1) is 11.0. The monoisotopic (exact) mass is 215 g/mol. The summed E-state index contributed by atoms with van der Waals surface area (Å²) in [4.78, 5) is 0.141. The molecule has 1 nitrogen and oxygen atoms in total. The molecule has 0 aliphatic carbocycles. The standard InChI is InChI=1S/C10H11F2NS/c1-10(2,9(13)14)6-4-3-5-7(11)8(6)12/h3-5H,1-2H3,(H2,13,14). The minimum absolute atomic E-state index is 0.141. The summed E-state index contributed by atoms with van der Waals surface area (Å²) < 4.78 is 26.3. The summed E-state index contributed by atoms with van der Waals surface area (Å²) in [7, 11) is 0. The van der Waals surface area contributed by atoms with Crippen LogP contribution in [0.25, 0.3) is 0 Å². The summed E-state index contributed by atoms with van der Waals surface area (Å²) >= 11 is 4.81. The molecular weight excluding hydrogens is 204 g/mol. The van der Waals surface area contributed by atoms with Gasteiger partial charge in [0.05, 0.1) is 4.99 Å². The molecule has 0 spiro atoms. The van der Waals surface area contributed by atoms with Crippen LogP contribution in [0.15, 0.2) is 18.2 Å². The summed E-state index contributed by atoms with van der Waals surface area (Å²) in [5, 5.41) is 0. The summed E-state index contributed by atoms with van der Waals surface area (Å²) in [5.74, 6) is -1.77. The van der Waals surface area contributed by atoms with Gasteiger partial charge in [0.15, 0.2) is 11.6 Å². The van der Waals surface area contributed by atoms with Crippen molar-refractivity contribution in [3.63, 3.8) is 0 Å². The van der Waals surface area contributed by atoms with Crippen molar-refractivity contribution in [2.24, 2.45) is 5.73 Å². The molecule has 0 aliphatic rings. The van der Waals surface area contributed by atoms with Gasteiger partial charge in [-0.2, -0.15) is 0 Å². The maximum Gasteiger partial charge on any atom is 0.162 e. The number of hydrogen-bond donors (Lipinski definition) is 1. The van der Waals surface area contributed by atoms with E-state index in [0.717, 1.165) is 6.07 Å². The second-order valence-electron chi connectivity index (χ2n) is 3.59. The van der Waals surface area contributed by atoms with Crippen LogP contribution in [-0.2, 0) is 5.41 Å². The smallest absolute Gasteiger partial charge is 0.162 e. The number of thiocarbonyl (C=S) groups is 1. The van der Waals surface area contributed by atoms with Crippen LogP contribution in [0, 0.1) is 11.6 Å². The van der Waals surface area contributed by atoms with Gasteiger partial charge < -0.3 is 5.73 Å². The SMILES string of the molecule is CC(C)(C(N)=S)c1cccc(F)c1F. The number of hydrogen-bond acceptors (Lipinski definition) is 1. The van der Waals surface area contributed by atoms with Crippen molar-refractivity contribution < 1.29 is 8.78 Å². The Bertz CT molecular complexity index is 374. The summed E-state index contributed by atoms with van der Waals surface area (Å²) in [6, 6.07) is 3.99. The van der Waals surface area contributed by atoms with E-state index in [1.54, 1.807) is 13.8 Å². The summed E-state index contributed by atoms with van der Waals surface area (Å²) in [6.07, 6.45) is 0. The quantitative estimate of drug-likeness (QED) is 0.767. The predicted octanol–water partition coefficient (Wildman–Crippen LogP) is 2.53. The molecule has 0 amide bonds. The van der Waals surface area contributed by atoms with Crippen molar-refractivity contribution in [1.82, 2.24) is 0 Å². The molecule has 14 heavy (non-hydrogen) atoms. The van der Waals surface area contributed by atoms with E-state index in [4.69, 9.17) is 18.0 Å². The number of benzene rings is 1.